The molecule has 0 spiro atoms. The fraction of sp³-hybridized carbons (Fsp3) is 0.598. The van der Waals surface area contributed by atoms with E-state index in [1.54, 1.807) is 108 Å². The van der Waals surface area contributed by atoms with Gasteiger partial charge in [0.05, 0.1) is 68.2 Å². The first-order valence-corrected chi connectivity index (χ1v) is 48.9. The second-order valence-electron chi connectivity index (χ2n) is 38.5. The molecule has 40 nitrogen and oxygen atoms in total. The van der Waals surface area contributed by atoms with Crippen molar-refractivity contribution in [1.82, 2.24) is 44.5 Å². The zero-order chi connectivity index (χ0) is 105. The van der Waals surface area contributed by atoms with Gasteiger partial charge in [0.1, 0.15) is 66.9 Å². The second-order valence-corrected chi connectivity index (χ2v) is 43.0. The lowest BCUT2D eigenvalue weighted by Crippen LogP contribution is -2.57. The molecular formula is C97H142N10O30S2. The molecule has 0 unspecified atom stereocenters. The fourth-order valence-corrected chi connectivity index (χ4v) is 19.6. The van der Waals surface area contributed by atoms with Gasteiger partial charge in [-0.15, -0.1) is 0 Å². The number of sulfone groups is 2. The first-order valence-electron chi connectivity index (χ1n) is 46.0. The Balaban J connectivity index is 0.000000700. The summed E-state index contributed by atoms with van der Waals surface area (Å²) in [5, 5.41) is 39.9. The minimum atomic E-state index is -4.22. The summed E-state index contributed by atoms with van der Waals surface area (Å²) in [4.78, 5) is 209. The third-order valence-electron chi connectivity index (χ3n) is 22.1. The largest absolute Gasteiger partial charge is 0.480 e. The topological polar surface area (TPSA) is 550 Å². The van der Waals surface area contributed by atoms with E-state index in [9.17, 15) is 89.4 Å². The Bertz CT molecular complexity index is 4900. The van der Waals surface area contributed by atoms with E-state index in [1.807, 2.05) is 36.4 Å². The van der Waals surface area contributed by atoms with Gasteiger partial charge in [-0.3, -0.25) is 77.1 Å². The van der Waals surface area contributed by atoms with Gasteiger partial charge in [-0.25, -0.2) is 21.6 Å². The van der Waals surface area contributed by atoms with Gasteiger partial charge in [0.15, 0.2) is 31.2 Å². The number of unbranched alkanes of at least 4 members (excludes halogenated alkanes) is 4. The van der Waals surface area contributed by atoms with Crippen molar-refractivity contribution < 1.29 is 142 Å². The zero-order valence-corrected chi connectivity index (χ0v) is 84.3. The summed E-state index contributed by atoms with van der Waals surface area (Å²) < 4.78 is 80.9. The van der Waals surface area contributed by atoms with Crippen molar-refractivity contribution in [3.8, 4) is 23.0 Å². The highest BCUT2D eigenvalue weighted by molar-refractivity contribution is 7.94. The number of alkyl carbamates (subject to hydrolysis) is 1. The van der Waals surface area contributed by atoms with E-state index in [0.29, 0.717) is 107 Å². The molecule has 0 aromatic heterocycles. The quantitative estimate of drug-likeness (QED) is 0.0138. The Morgan fingerprint density at radius 1 is 0.410 bits per heavy atom. The van der Waals surface area contributed by atoms with Gasteiger partial charge in [0.25, 0.3) is 0 Å². The van der Waals surface area contributed by atoms with Gasteiger partial charge >= 0.3 is 54.2 Å². The maximum atomic E-state index is 14.2. The fourth-order valence-electron chi connectivity index (χ4n) is 15.5. The molecule has 7 N–H and O–H groups in total. The van der Waals surface area contributed by atoms with Crippen LogP contribution in [-0.2, 0) is 111 Å². The number of para-hydroxylation sites is 2. The number of carbonyl (C=O) groups is 13. The molecule has 2 aliphatic rings. The van der Waals surface area contributed by atoms with Crippen molar-refractivity contribution in [2.75, 3.05) is 144 Å². The number of rotatable bonds is 54. The summed E-state index contributed by atoms with van der Waals surface area (Å²) in [6.45, 7) is 25.4. The van der Waals surface area contributed by atoms with Crippen LogP contribution in [0.15, 0.2) is 119 Å². The van der Waals surface area contributed by atoms with Crippen LogP contribution in [0.25, 0.3) is 0 Å². The van der Waals surface area contributed by atoms with Crippen molar-refractivity contribution in [3.63, 3.8) is 0 Å². The number of ketones is 4. The third-order valence-corrected chi connectivity index (χ3v) is 27.3. The van der Waals surface area contributed by atoms with E-state index in [0.717, 1.165) is 0 Å². The summed E-state index contributed by atoms with van der Waals surface area (Å²) in [5.74, 6) is -5.58. The molecule has 6 rings (SSSR count). The highest BCUT2D eigenvalue weighted by atomic mass is 32.2. The van der Waals surface area contributed by atoms with Crippen molar-refractivity contribution >= 4 is 109 Å². The van der Waals surface area contributed by atoms with Crippen LogP contribution in [-0.4, -0.2) is 348 Å². The Labute approximate surface area is 814 Å². The highest BCUT2D eigenvalue weighted by Crippen LogP contribution is 2.40. The number of carboxylic acid groups (broad SMARTS) is 4. The third kappa shape index (κ3) is 46.0. The number of piperidine rings is 2. The molecule has 42 heteroatoms. The summed E-state index contributed by atoms with van der Waals surface area (Å²) in [6.07, 6.45) is 3.09. The first-order chi connectivity index (χ1) is 64.8. The number of likely N-dealkylation sites (tertiary alicyclic amines) is 2. The smallest absolute Gasteiger partial charge is 0.408 e. The molecule has 2 atom stereocenters. The van der Waals surface area contributed by atoms with Gasteiger partial charge in [-0.1, -0.05) is 82.9 Å². The number of hydrogen-bond acceptors (Lipinski definition) is 33. The van der Waals surface area contributed by atoms with Crippen LogP contribution < -0.4 is 20.5 Å². The number of amides is 3. The number of Topliss-reactive ketones (excluding diaryl/α,β-unsaturated/α-hetero) is 4. The SMILES string of the molecule is CC(=O)C1(S(=O)(=O)c2ccc(Oc3ccccc3)cc2)CCN(C(=O)[C@@H](N)CCCCCC(=O)CN(CCN(C)CCN(CC(=O)O)CC(=O)O)CC(=O)O)CC1.CC(=O)C1(S(=O)(=O)c2ccc(Oc3ccccc3)cc2)CCN(C(=O)[C@H](CCCCCC(=O)CN(CCN(CCN(CC(=O)OC(C)(C)C)CC(=O)OC(C)(C)C)CC(C)(C)C)CC(=O)O)NC(=O)OC(C)(C)C)CC1.O=C=O.O=C=O. The van der Waals surface area contributed by atoms with E-state index < -0.39 is 131 Å². The van der Waals surface area contributed by atoms with Crippen LogP contribution in [0.4, 0.5) is 4.79 Å². The molecule has 3 amide bonds. The van der Waals surface area contributed by atoms with Crippen molar-refractivity contribution in [2.24, 2.45) is 11.1 Å². The van der Waals surface area contributed by atoms with Crippen LogP contribution in [0.5, 0.6) is 23.0 Å². The molecule has 0 bridgehead atoms. The summed E-state index contributed by atoms with van der Waals surface area (Å²) in [5.41, 5.74) is 3.75. The van der Waals surface area contributed by atoms with Crippen molar-refractivity contribution in [3.05, 3.63) is 109 Å². The standard InChI is InChI=1S/C56H87N5O14S.C39H55N5O12S.2CO2/c1-41(62)56(76(70,71)45-26-24-44(25-27-45)72-43-21-17-15-18-22-43)28-30-61(31-29-56)50(68)46(57-51(69)75-55(11,12)13)23-19-14-16-20-42(63)36-59(37-47(64)65)34-32-58(40-52(2,3)4)33-35-60(38-48(66)73-53(5,6)7)39-49(67)74-54(8,9)10;1-29(45)39(57(54,55)33-15-13-32(14-16-33)56-31-10-6-4-7-11-31)17-19-44(20-18-39)38(53)34(40)12-8-3-5-9-30(46)25-42(26-35(47)48)23-21-41(2)22-24-43(27-36(49)50)28-37(51)52;2*2-1-3/h15,17-18,21-22,24-27,46H,14,16,19-20,23,28-40H2,1-13H3,(H,57,69)(H,64,65);4,6-7,10-11,13-16,34H,3,5,8-9,12,17-28,40H2,1-2H3,(H,47,48)(H,49,50)(H,51,52);;/t46-;34-;;/m00../s1. The Hall–Kier alpha value is -11.4. The number of esters is 2. The molecule has 2 saturated heterocycles. The molecule has 772 valence electrons. The highest BCUT2D eigenvalue weighted by Gasteiger charge is 2.53. The zero-order valence-electron chi connectivity index (χ0n) is 82.7. The number of carbonyl (C=O) groups excluding carboxylic acids is 13. The normalized spacial score (nSPS) is 14.2. The monoisotopic (exact) mass is 1990 g/mol. The van der Waals surface area contributed by atoms with Gasteiger partial charge in [0.2, 0.25) is 11.8 Å². The minimum absolute atomic E-state index is 0.00971. The number of aliphatic carboxylic acids is 4. The molecule has 139 heavy (non-hydrogen) atoms. The predicted octanol–water partition coefficient (Wildman–Crippen LogP) is 8.01. The molecule has 4 aromatic carbocycles. The average Bonchev–Trinajstić information content (AvgIpc) is 0.747. The van der Waals surface area contributed by atoms with Gasteiger partial charge in [-0.2, -0.15) is 19.2 Å². The van der Waals surface area contributed by atoms with Gasteiger partial charge in [-0.05, 0) is 213 Å². The molecule has 4 aromatic rings. The average molecular weight is 1990 g/mol. The van der Waals surface area contributed by atoms with E-state index >= 15 is 0 Å². The van der Waals surface area contributed by atoms with E-state index in [2.05, 4.69) is 31.0 Å². The van der Waals surface area contributed by atoms with Crippen LogP contribution in [0.2, 0.25) is 0 Å². The second kappa shape index (κ2) is 58.6. The summed E-state index contributed by atoms with van der Waals surface area (Å²) >= 11 is 0. The number of nitrogens with one attached hydrogen (secondary N) is 1. The van der Waals surface area contributed by atoms with Crippen molar-refractivity contribution in [2.45, 2.75) is 235 Å². The number of hydrogen-bond donors (Lipinski definition) is 6. The number of nitrogens with zero attached hydrogens (tertiary/aromatic N) is 8. The van der Waals surface area contributed by atoms with E-state index in [-0.39, 0.29) is 175 Å². The number of carboxylic acids is 4. The predicted molar refractivity (Wildman–Crippen MR) is 507 cm³/mol. The van der Waals surface area contributed by atoms with Crippen LogP contribution >= 0.6 is 0 Å². The lowest BCUT2D eigenvalue weighted by molar-refractivity contribution is -0.193. The summed E-state index contributed by atoms with van der Waals surface area (Å²) in [7, 11) is -6.60. The van der Waals surface area contributed by atoms with Gasteiger partial charge < -0.3 is 74.8 Å². The molecule has 0 saturated carbocycles. The molecular weight excluding hydrogens is 1850 g/mol. The lowest BCUT2D eigenvalue weighted by atomic mass is 9.91. The number of nitrogens with two attached hydrogens (primary N) is 1. The summed E-state index contributed by atoms with van der Waals surface area (Å²) in [6, 6.07) is 27.9. The lowest BCUT2D eigenvalue weighted by Gasteiger charge is -2.40. The number of ether oxygens (including phenoxy) is 5. The molecule has 0 radical (unpaired) electrons. The van der Waals surface area contributed by atoms with Gasteiger partial charge in [0, 0.05) is 97.9 Å². The maximum Gasteiger partial charge on any atom is 0.408 e. The van der Waals surface area contributed by atoms with Crippen LogP contribution in [0.3, 0.4) is 0 Å². The Kier molecular flexibility index (Phi) is 51.3. The van der Waals surface area contributed by atoms with Crippen molar-refractivity contribution in [1.29, 1.82) is 0 Å². The Morgan fingerprint density at radius 2 is 0.712 bits per heavy atom. The van der Waals surface area contributed by atoms with Crippen LogP contribution in [0, 0.1) is 5.41 Å². The van der Waals surface area contributed by atoms with E-state index in [4.69, 9.17) is 58.8 Å². The minimum Gasteiger partial charge on any atom is -0.480 e. The Morgan fingerprint density at radius 3 is 1.04 bits per heavy atom. The van der Waals surface area contributed by atoms with E-state index in [1.165, 1.54) is 82.0 Å². The number of benzene rings is 4. The van der Waals surface area contributed by atoms with Crippen LogP contribution in [0.1, 0.15) is 187 Å². The molecule has 2 heterocycles. The first kappa shape index (κ1) is 122. The molecule has 2 aliphatic heterocycles. The molecule has 2 fully saturated rings. The molecule has 0 aliphatic carbocycles. The maximum absolute atomic E-state index is 14.2. The number of likely N-dealkylation sites (N-methyl/N-ethyl adjacent to an activating group) is 1.